The highest BCUT2D eigenvalue weighted by Gasteiger charge is 2.27. The second-order valence-corrected chi connectivity index (χ2v) is 8.05. The number of amides is 2. The van der Waals surface area contributed by atoms with Crippen LogP contribution in [0.15, 0.2) is 41.8 Å². The first-order valence-corrected chi connectivity index (χ1v) is 10.4. The summed E-state index contributed by atoms with van der Waals surface area (Å²) in [6.45, 7) is 3.36. The van der Waals surface area contributed by atoms with Crippen LogP contribution in [0.2, 0.25) is 5.02 Å². The lowest BCUT2D eigenvalue weighted by molar-refractivity contribution is -0.136. The molecule has 27 heavy (non-hydrogen) atoms. The topological polar surface area (TPSA) is 49.4 Å². The summed E-state index contributed by atoms with van der Waals surface area (Å²) in [5, 5.41) is 5.60. The average Bonchev–Trinajstić information content (AvgIpc) is 3.14. The molecule has 2 amide bonds. The van der Waals surface area contributed by atoms with Crippen LogP contribution in [0.3, 0.4) is 0 Å². The molecule has 1 aromatic heterocycles. The van der Waals surface area contributed by atoms with Gasteiger partial charge in [-0.3, -0.25) is 9.59 Å². The Labute approximate surface area is 168 Å². The minimum absolute atomic E-state index is 0.00180. The van der Waals surface area contributed by atoms with Gasteiger partial charge in [-0.25, -0.2) is 0 Å². The van der Waals surface area contributed by atoms with E-state index >= 15 is 0 Å². The molecule has 1 atom stereocenters. The third-order valence-corrected chi connectivity index (χ3v) is 5.88. The molecule has 0 radical (unpaired) electrons. The summed E-state index contributed by atoms with van der Waals surface area (Å²) in [4.78, 5) is 28.5. The Morgan fingerprint density at radius 2 is 2.07 bits per heavy atom. The van der Waals surface area contributed by atoms with E-state index in [2.05, 4.69) is 16.8 Å². The van der Waals surface area contributed by atoms with E-state index in [9.17, 15) is 9.59 Å². The molecule has 3 rings (SSSR count). The zero-order valence-electron chi connectivity index (χ0n) is 15.3. The molecule has 1 aliphatic heterocycles. The zero-order valence-corrected chi connectivity index (χ0v) is 16.9. The number of benzene rings is 1. The van der Waals surface area contributed by atoms with Gasteiger partial charge in [0.05, 0.1) is 0 Å². The normalized spacial score (nSPS) is 14.8. The first kappa shape index (κ1) is 19.6. The molecule has 6 heteroatoms. The number of halogens is 1. The first-order chi connectivity index (χ1) is 13.1. The zero-order chi connectivity index (χ0) is 19.2. The van der Waals surface area contributed by atoms with Crippen molar-refractivity contribution in [1.29, 1.82) is 0 Å². The predicted octanol–water partition coefficient (Wildman–Crippen LogP) is 4.28. The van der Waals surface area contributed by atoms with Gasteiger partial charge in [-0.2, -0.15) is 0 Å². The molecule has 0 saturated carbocycles. The fourth-order valence-electron chi connectivity index (χ4n) is 3.17. The van der Waals surface area contributed by atoms with E-state index in [0.717, 1.165) is 18.4 Å². The van der Waals surface area contributed by atoms with Crippen molar-refractivity contribution in [3.63, 3.8) is 0 Å². The third kappa shape index (κ3) is 5.21. The van der Waals surface area contributed by atoms with E-state index in [0.29, 0.717) is 24.5 Å². The van der Waals surface area contributed by atoms with E-state index < -0.39 is 6.04 Å². The fraction of sp³-hybridized carbons (Fsp3) is 0.333. The number of carbonyl (C=O) groups excluding carboxylic acids is 2. The summed E-state index contributed by atoms with van der Waals surface area (Å²) in [5.41, 5.74) is 2.11. The van der Waals surface area contributed by atoms with Crippen LogP contribution in [-0.4, -0.2) is 29.3 Å². The van der Waals surface area contributed by atoms with Crippen molar-refractivity contribution in [3.8, 4) is 0 Å². The van der Waals surface area contributed by atoms with Crippen molar-refractivity contribution in [2.75, 3.05) is 6.54 Å². The maximum atomic E-state index is 12.9. The number of carbonyl (C=O) groups is 2. The van der Waals surface area contributed by atoms with E-state index in [1.54, 1.807) is 29.5 Å². The van der Waals surface area contributed by atoms with Gasteiger partial charge < -0.3 is 10.2 Å². The van der Waals surface area contributed by atoms with Crippen LogP contribution in [0.25, 0.3) is 6.08 Å². The van der Waals surface area contributed by atoms with E-state index in [1.165, 1.54) is 16.5 Å². The van der Waals surface area contributed by atoms with Gasteiger partial charge in [-0.1, -0.05) is 37.1 Å². The van der Waals surface area contributed by atoms with Gasteiger partial charge in [-0.15, -0.1) is 11.3 Å². The lowest BCUT2D eigenvalue weighted by Crippen LogP contribution is -2.49. The van der Waals surface area contributed by atoms with Crippen LogP contribution < -0.4 is 5.32 Å². The molecule has 1 unspecified atom stereocenters. The van der Waals surface area contributed by atoms with Crippen molar-refractivity contribution in [1.82, 2.24) is 10.2 Å². The molecular weight excluding hydrogens is 380 g/mol. The van der Waals surface area contributed by atoms with Gasteiger partial charge in [0, 0.05) is 29.1 Å². The lowest BCUT2D eigenvalue weighted by Gasteiger charge is -2.30. The molecule has 0 spiro atoms. The van der Waals surface area contributed by atoms with Crippen LogP contribution in [0.4, 0.5) is 0 Å². The monoisotopic (exact) mass is 402 g/mol. The quantitative estimate of drug-likeness (QED) is 0.733. The minimum atomic E-state index is -0.488. The van der Waals surface area contributed by atoms with Gasteiger partial charge in [0.25, 0.3) is 0 Å². The molecule has 2 aromatic rings. The average molecular weight is 403 g/mol. The van der Waals surface area contributed by atoms with Crippen molar-refractivity contribution in [2.24, 2.45) is 0 Å². The molecule has 1 N–H and O–H groups in total. The molecule has 142 valence electrons. The van der Waals surface area contributed by atoms with Crippen LogP contribution in [-0.2, 0) is 22.6 Å². The Balaban J connectivity index is 1.61. The largest absolute Gasteiger partial charge is 0.341 e. The van der Waals surface area contributed by atoms with Gasteiger partial charge in [-0.05, 0) is 53.6 Å². The van der Waals surface area contributed by atoms with E-state index in [-0.39, 0.29) is 11.8 Å². The van der Waals surface area contributed by atoms with Gasteiger partial charge in [0.2, 0.25) is 11.8 Å². The number of fused-ring (bicyclic) bond motifs is 1. The molecule has 0 fully saturated rings. The summed E-state index contributed by atoms with van der Waals surface area (Å²) in [6.07, 6.45) is 5.54. The smallest absolute Gasteiger partial charge is 0.245 e. The maximum Gasteiger partial charge on any atom is 0.245 e. The molecular formula is C21H23ClN2O2S. The van der Waals surface area contributed by atoms with Gasteiger partial charge in [0.15, 0.2) is 0 Å². The van der Waals surface area contributed by atoms with Crippen molar-refractivity contribution in [3.05, 3.63) is 62.8 Å². The maximum absolute atomic E-state index is 12.9. The van der Waals surface area contributed by atoms with Crippen molar-refractivity contribution in [2.45, 2.75) is 38.8 Å². The molecule has 0 bridgehead atoms. The lowest BCUT2D eigenvalue weighted by atomic mass is 10.1. The number of hydrogen-bond donors (Lipinski definition) is 1. The molecule has 2 heterocycles. The number of thiophene rings is 1. The predicted molar refractivity (Wildman–Crippen MR) is 111 cm³/mol. The van der Waals surface area contributed by atoms with Crippen LogP contribution in [0.1, 0.15) is 35.8 Å². The summed E-state index contributed by atoms with van der Waals surface area (Å²) < 4.78 is 0. The highest BCUT2D eigenvalue weighted by atomic mass is 35.5. The van der Waals surface area contributed by atoms with Crippen LogP contribution in [0, 0.1) is 0 Å². The van der Waals surface area contributed by atoms with Gasteiger partial charge >= 0.3 is 0 Å². The Morgan fingerprint density at radius 1 is 1.30 bits per heavy atom. The van der Waals surface area contributed by atoms with Gasteiger partial charge in [0.1, 0.15) is 6.04 Å². The minimum Gasteiger partial charge on any atom is -0.341 e. The third-order valence-electron chi connectivity index (χ3n) is 4.61. The molecule has 1 aliphatic rings. The summed E-state index contributed by atoms with van der Waals surface area (Å²) in [7, 11) is 0. The highest BCUT2D eigenvalue weighted by molar-refractivity contribution is 7.10. The highest BCUT2D eigenvalue weighted by Crippen LogP contribution is 2.24. The van der Waals surface area contributed by atoms with E-state index in [1.807, 2.05) is 24.0 Å². The molecule has 1 aromatic carbocycles. The van der Waals surface area contributed by atoms with Crippen LogP contribution in [0.5, 0.6) is 0 Å². The number of nitrogens with one attached hydrogen (secondary N) is 1. The summed E-state index contributed by atoms with van der Waals surface area (Å²) in [5.74, 6) is -0.257. The Bertz CT molecular complexity index is 829. The standard InChI is InChI=1S/C21H23ClN2O2S/c1-2-3-18(21(26)24-12-10-19-16(14-24)11-13-27-19)23-20(25)9-6-15-4-7-17(22)8-5-15/h4-9,11,13,18H,2-3,10,12,14H2,1H3,(H,23,25)/b9-6+. The number of nitrogens with zero attached hydrogens (tertiary/aromatic N) is 1. The Hall–Kier alpha value is -2.11. The second kappa shape index (κ2) is 9.20. The van der Waals surface area contributed by atoms with Crippen molar-refractivity contribution >= 4 is 40.8 Å². The van der Waals surface area contributed by atoms with E-state index in [4.69, 9.17) is 11.6 Å². The molecule has 4 nitrogen and oxygen atoms in total. The SMILES string of the molecule is CCCC(NC(=O)/C=C/c1ccc(Cl)cc1)C(=O)N1CCc2sccc2C1. The fourth-order valence-corrected chi connectivity index (χ4v) is 4.18. The summed E-state index contributed by atoms with van der Waals surface area (Å²) >= 11 is 7.61. The number of hydrogen-bond acceptors (Lipinski definition) is 3. The molecule has 0 saturated heterocycles. The van der Waals surface area contributed by atoms with Crippen molar-refractivity contribution < 1.29 is 9.59 Å². The first-order valence-electron chi connectivity index (χ1n) is 9.15. The second-order valence-electron chi connectivity index (χ2n) is 6.61. The Morgan fingerprint density at radius 3 is 2.81 bits per heavy atom. The Kier molecular flexibility index (Phi) is 6.69. The van der Waals surface area contributed by atoms with Crippen LogP contribution >= 0.6 is 22.9 Å². The summed E-state index contributed by atoms with van der Waals surface area (Å²) in [6, 6.07) is 8.83. The number of rotatable bonds is 6. The molecule has 0 aliphatic carbocycles.